The van der Waals surface area contributed by atoms with E-state index >= 15 is 0 Å². The maximum Gasteiger partial charge on any atom is 0.181 e. The molecule has 1 rings (SSSR count). The van der Waals surface area contributed by atoms with E-state index in [1.165, 1.54) is 25.7 Å². The number of unbranched alkanes of at least 4 members (excludes halogenated alkanes) is 9. The van der Waals surface area contributed by atoms with Crippen LogP contribution in [-0.4, -0.2) is 13.7 Å². The molecule has 0 N–H and O–H groups in total. The van der Waals surface area contributed by atoms with Crippen LogP contribution in [0.25, 0.3) is 0 Å². The highest BCUT2D eigenvalue weighted by molar-refractivity contribution is 7.92. The van der Waals surface area contributed by atoms with E-state index in [0.29, 0.717) is 4.90 Å². The molecule has 0 spiro atoms. The average Bonchev–Trinajstić information content (AvgIpc) is 2.74. The maximum atomic E-state index is 13.1. The summed E-state index contributed by atoms with van der Waals surface area (Å²) >= 11 is 0. The van der Waals surface area contributed by atoms with Crippen LogP contribution in [0.4, 0.5) is 0 Å². The smallest absolute Gasteiger partial charge is 0.181 e. The molecule has 0 aromatic heterocycles. The summed E-state index contributed by atoms with van der Waals surface area (Å²) in [6, 6.07) is 8.97. The molecule has 1 unspecified atom stereocenters. The Morgan fingerprint density at radius 1 is 0.690 bits per heavy atom. The zero-order valence-electron chi connectivity index (χ0n) is 18.4. The molecule has 0 saturated carbocycles. The van der Waals surface area contributed by atoms with Gasteiger partial charge in [-0.15, -0.1) is 23.7 Å². The highest BCUT2D eigenvalue weighted by Crippen LogP contribution is 2.25. The molecule has 0 aliphatic heterocycles. The molecule has 160 valence electrons. The van der Waals surface area contributed by atoms with Crippen molar-refractivity contribution >= 4 is 9.84 Å². The maximum absolute atomic E-state index is 13.1. The zero-order valence-corrected chi connectivity index (χ0v) is 19.2. The van der Waals surface area contributed by atoms with Crippen LogP contribution in [0.1, 0.15) is 97.3 Å². The van der Waals surface area contributed by atoms with E-state index in [2.05, 4.69) is 23.7 Å². The predicted molar refractivity (Wildman–Crippen MR) is 124 cm³/mol. The first kappa shape index (κ1) is 25.3. The Morgan fingerprint density at radius 3 is 1.66 bits per heavy atom. The molecule has 3 heteroatoms. The molecule has 0 aliphatic carbocycles. The molecule has 0 bridgehead atoms. The van der Waals surface area contributed by atoms with Gasteiger partial charge in [0.05, 0.1) is 10.1 Å². The van der Waals surface area contributed by atoms with Crippen LogP contribution in [0.3, 0.4) is 0 Å². The van der Waals surface area contributed by atoms with Crippen LogP contribution in [0.15, 0.2) is 35.2 Å². The summed E-state index contributed by atoms with van der Waals surface area (Å²) in [6.45, 7) is 3.75. The summed E-state index contributed by atoms with van der Waals surface area (Å²) in [7, 11) is -3.25. The van der Waals surface area contributed by atoms with Crippen molar-refractivity contribution in [1.82, 2.24) is 0 Å². The number of sulfone groups is 1. The van der Waals surface area contributed by atoms with Gasteiger partial charge in [0.1, 0.15) is 0 Å². The molecule has 0 radical (unpaired) electrons. The van der Waals surface area contributed by atoms with Crippen LogP contribution in [0.5, 0.6) is 0 Å². The summed E-state index contributed by atoms with van der Waals surface area (Å²) in [4.78, 5) is 0.471. The van der Waals surface area contributed by atoms with Gasteiger partial charge in [0.15, 0.2) is 9.84 Å². The van der Waals surface area contributed by atoms with Gasteiger partial charge in [-0.1, -0.05) is 63.1 Å². The van der Waals surface area contributed by atoms with Crippen molar-refractivity contribution in [2.24, 2.45) is 0 Å². The van der Waals surface area contributed by atoms with Crippen molar-refractivity contribution < 1.29 is 8.42 Å². The van der Waals surface area contributed by atoms with E-state index in [1.807, 2.05) is 32.0 Å². The second-order valence-electron chi connectivity index (χ2n) is 7.59. The topological polar surface area (TPSA) is 34.1 Å². The fraction of sp³-hybridized carbons (Fsp3) is 0.615. The van der Waals surface area contributed by atoms with Crippen molar-refractivity contribution in [2.75, 3.05) is 0 Å². The molecule has 1 aromatic carbocycles. The zero-order chi connectivity index (χ0) is 21.2. The van der Waals surface area contributed by atoms with Crippen LogP contribution in [0.2, 0.25) is 0 Å². The fourth-order valence-corrected chi connectivity index (χ4v) is 5.44. The average molecular weight is 415 g/mol. The molecule has 0 saturated heterocycles. The van der Waals surface area contributed by atoms with Crippen LogP contribution in [-0.2, 0) is 9.84 Å². The Morgan fingerprint density at radius 2 is 1.14 bits per heavy atom. The lowest BCUT2D eigenvalue weighted by atomic mass is 10.0. The van der Waals surface area contributed by atoms with E-state index in [1.54, 1.807) is 12.1 Å². The van der Waals surface area contributed by atoms with Crippen molar-refractivity contribution in [3.05, 3.63) is 30.3 Å². The molecule has 1 atom stereocenters. The highest BCUT2D eigenvalue weighted by Gasteiger charge is 2.26. The largest absolute Gasteiger partial charge is 0.223 e. The number of hydrogen-bond acceptors (Lipinski definition) is 2. The number of hydrogen-bond donors (Lipinski definition) is 0. The molecule has 0 fully saturated rings. The Bertz CT molecular complexity index is 758. The van der Waals surface area contributed by atoms with Gasteiger partial charge in [-0.05, 0) is 51.7 Å². The minimum absolute atomic E-state index is 0.262. The van der Waals surface area contributed by atoms with E-state index in [0.717, 1.165) is 57.8 Å². The van der Waals surface area contributed by atoms with Crippen molar-refractivity contribution in [1.29, 1.82) is 0 Å². The summed E-state index contributed by atoms with van der Waals surface area (Å²) < 4.78 is 26.3. The third-order valence-electron chi connectivity index (χ3n) is 5.27. The van der Waals surface area contributed by atoms with Gasteiger partial charge < -0.3 is 0 Å². The molecule has 0 heterocycles. The van der Waals surface area contributed by atoms with Crippen molar-refractivity contribution in [2.45, 2.75) is 107 Å². The van der Waals surface area contributed by atoms with Gasteiger partial charge in [-0.2, -0.15) is 0 Å². The third-order valence-corrected chi connectivity index (χ3v) is 7.55. The van der Waals surface area contributed by atoms with Gasteiger partial charge in [0.25, 0.3) is 0 Å². The number of benzene rings is 1. The monoisotopic (exact) mass is 414 g/mol. The Labute approximate surface area is 179 Å². The Hall–Kier alpha value is -1.71. The normalized spacial score (nSPS) is 11.8. The van der Waals surface area contributed by atoms with E-state index < -0.39 is 9.84 Å². The van der Waals surface area contributed by atoms with Crippen LogP contribution < -0.4 is 0 Å². The van der Waals surface area contributed by atoms with E-state index in [4.69, 9.17) is 0 Å². The Kier molecular flexibility index (Phi) is 14.1. The first-order valence-electron chi connectivity index (χ1n) is 11.2. The van der Waals surface area contributed by atoms with Gasteiger partial charge in [-0.25, -0.2) is 8.42 Å². The van der Waals surface area contributed by atoms with Crippen molar-refractivity contribution in [3.8, 4) is 23.7 Å². The predicted octanol–water partition coefficient (Wildman–Crippen LogP) is 6.95. The molecule has 0 aliphatic rings. The quantitative estimate of drug-likeness (QED) is 0.230. The highest BCUT2D eigenvalue weighted by atomic mass is 32.2. The van der Waals surface area contributed by atoms with Gasteiger partial charge >= 0.3 is 0 Å². The molecular weight excluding hydrogens is 376 g/mol. The fourth-order valence-electron chi connectivity index (χ4n) is 3.56. The van der Waals surface area contributed by atoms with Gasteiger partial charge in [-0.3, -0.25) is 0 Å². The van der Waals surface area contributed by atoms with Crippen molar-refractivity contribution in [3.63, 3.8) is 0 Å². The second-order valence-corrected chi connectivity index (χ2v) is 9.82. The first-order chi connectivity index (χ1) is 14.1. The minimum atomic E-state index is -3.25. The number of rotatable bonds is 15. The lowest BCUT2D eigenvalue weighted by molar-refractivity contribution is 0.517. The summed E-state index contributed by atoms with van der Waals surface area (Å²) in [6.07, 6.45) is 13.4. The minimum Gasteiger partial charge on any atom is -0.223 e. The van der Waals surface area contributed by atoms with Crippen LogP contribution in [0, 0.1) is 23.7 Å². The third kappa shape index (κ3) is 11.2. The van der Waals surface area contributed by atoms with Gasteiger partial charge in [0.2, 0.25) is 0 Å². The molecule has 0 amide bonds. The SMILES string of the molecule is CC#CCCCCCCCCC(CCCCCC#CC)S(=O)(=O)c1ccccc1. The summed E-state index contributed by atoms with van der Waals surface area (Å²) in [5.41, 5.74) is 0. The Balaban J connectivity index is 2.47. The molecule has 1 aromatic rings. The molecule has 29 heavy (non-hydrogen) atoms. The summed E-state index contributed by atoms with van der Waals surface area (Å²) in [5, 5.41) is -0.262. The van der Waals surface area contributed by atoms with Crippen LogP contribution >= 0.6 is 0 Å². The lowest BCUT2D eigenvalue weighted by Crippen LogP contribution is -2.21. The summed E-state index contributed by atoms with van der Waals surface area (Å²) in [5.74, 6) is 12.1. The second kappa shape index (κ2) is 16.1. The molecular formula is C26H38O2S. The standard InChI is InChI=1S/C26H38O2S/c1-3-5-7-9-11-12-13-15-18-22-25(21-17-14-10-8-6-4-2)29(27,28)26-23-19-16-20-24-26/h16,19-20,23-25H,7-15,17-18,21-22H2,1-2H3. The van der Waals surface area contributed by atoms with E-state index in [9.17, 15) is 8.42 Å². The van der Waals surface area contributed by atoms with Gasteiger partial charge in [0, 0.05) is 12.8 Å². The first-order valence-corrected chi connectivity index (χ1v) is 12.8. The van der Waals surface area contributed by atoms with E-state index in [-0.39, 0.29) is 5.25 Å². The lowest BCUT2D eigenvalue weighted by Gasteiger charge is -2.18. The molecule has 2 nitrogen and oxygen atoms in total.